The lowest BCUT2D eigenvalue weighted by Gasteiger charge is -2.45. The molecule has 306 valence electrons. The second-order valence-corrected chi connectivity index (χ2v) is 14.7. The zero-order valence-electron chi connectivity index (χ0n) is 31.5. The van der Waals surface area contributed by atoms with Crippen molar-refractivity contribution in [2.75, 3.05) is 0 Å². The first-order chi connectivity index (χ1) is 25.6. The summed E-state index contributed by atoms with van der Waals surface area (Å²) < 4.78 is 23.4. The SMILES string of the molecule is CCC[C@@H]1C/C=C/C=C/C=C/C=C/C(O[C@@H]2O[C@H](C)[C@@H](O)[C@H](N)[C@H]2O)C[C@@H]2O[C@](O)(CC(O)CCCC(=O)C[C@@H](O)[C@H](CC)C(=O)O1)C[C@H](O)[C@H]2C(=O)O. The van der Waals surface area contributed by atoms with Gasteiger partial charge in [-0.25, -0.2) is 0 Å². The highest BCUT2D eigenvalue weighted by Gasteiger charge is 2.50. The minimum atomic E-state index is -2.15. The summed E-state index contributed by atoms with van der Waals surface area (Å²) in [6, 6.07) is -1.10. The maximum atomic E-state index is 13.0. The molecule has 0 saturated carbocycles. The number of carbonyl (C=O) groups is 3. The number of ether oxygens (including phenoxy) is 4. The van der Waals surface area contributed by atoms with Crippen molar-refractivity contribution in [1.82, 2.24) is 0 Å². The first-order valence-electron chi connectivity index (χ1n) is 19.1. The van der Waals surface area contributed by atoms with Gasteiger partial charge in [0.05, 0.1) is 54.7 Å². The van der Waals surface area contributed by atoms with Crippen LogP contribution in [0.15, 0.2) is 48.6 Å². The molecule has 0 spiro atoms. The van der Waals surface area contributed by atoms with Gasteiger partial charge in [0.2, 0.25) is 0 Å². The Labute approximate surface area is 317 Å². The molecule has 14 atom stereocenters. The summed E-state index contributed by atoms with van der Waals surface area (Å²) >= 11 is 0. The summed E-state index contributed by atoms with van der Waals surface area (Å²) in [5.74, 6) is -6.81. The number of fused-ring (bicyclic) bond motifs is 2. The van der Waals surface area contributed by atoms with Gasteiger partial charge >= 0.3 is 11.9 Å². The summed E-state index contributed by atoms with van der Waals surface area (Å²) in [7, 11) is 0. The van der Waals surface area contributed by atoms with Crippen LogP contribution in [0.4, 0.5) is 0 Å². The van der Waals surface area contributed by atoms with E-state index in [9.17, 15) is 50.1 Å². The third-order valence-corrected chi connectivity index (χ3v) is 10.2. The fourth-order valence-corrected chi connectivity index (χ4v) is 7.15. The largest absolute Gasteiger partial charge is 0.481 e. The molecule has 0 aromatic rings. The van der Waals surface area contributed by atoms with Crippen LogP contribution in [0.2, 0.25) is 0 Å². The normalized spacial score (nSPS) is 42.3. The quantitative estimate of drug-likeness (QED) is 0.179. The highest BCUT2D eigenvalue weighted by Crippen LogP contribution is 2.38. The highest BCUT2D eigenvalue weighted by molar-refractivity contribution is 5.80. The van der Waals surface area contributed by atoms with Gasteiger partial charge in [0, 0.05) is 38.5 Å². The molecule has 3 rings (SSSR count). The number of aliphatic hydroxyl groups excluding tert-OH is 5. The number of cyclic esters (lactones) is 1. The number of Topliss-reactive ketones (excluding diaryl/α,β-unsaturated/α-hetero) is 1. The molecule has 15 nitrogen and oxygen atoms in total. The average molecular weight is 768 g/mol. The fraction of sp³-hybridized carbons (Fsp3) is 0.718. The van der Waals surface area contributed by atoms with Gasteiger partial charge in [-0.05, 0) is 32.6 Å². The zero-order chi connectivity index (χ0) is 40.0. The van der Waals surface area contributed by atoms with Gasteiger partial charge in [-0.2, -0.15) is 0 Å². The van der Waals surface area contributed by atoms with Gasteiger partial charge in [-0.15, -0.1) is 0 Å². The molecule has 54 heavy (non-hydrogen) atoms. The number of hydrogen-bond donors (Lipinski definition) is 8. The maximum absolute atomic E-state index is 13.0. The second kappa shape index (κ2) is 22.0. The predicted octanol–water partition coefficient (Wildman–Crippen LogP) is 1.70. The van der Waals surface area contributed by atoms with E-state index in [0.29, 0.717) is 12.8 Å². The molecule has 0 aromatic heterocycles. The Kier molecular flexibility index (Phi) is 18.6. The minimum absolute atomic E-state index is 0.0177. The average Bonchev–Trinajstić information content (AvgIpc) is 3.08. The van der Waals surface area contributed by atoms with Crippen LogP contribution in [0.25, 0.3) is 0 Å². The van der Waals surface area contributed by atoms with Crippen molar-refractivity contribution in [2.24, 2.45) is 17.6 Å². The molecule has 0 amide bonds. The predicted molar refractivity (Wildman–Crippen MR) is 195 cm³/mol. The molecule has 0 aromatic carbocycles. The minimum Gasteiger partial charge on any atom is -0.481 e. The van der Waals surface area contributed by atoms with Gasteiger partial charge in [0.25, 0.3) is 0 Å². The number of aliphatic carboxylic acids is 1. The van der Waals surface area contributed by atoms with Crippen LogP contribution in [-0.2, 0) is 33.3 Å². The Balaban J connectivity index is 1.90. The second-order valence-electron chi connectivity index (χ2n) is 14.7. The molecule has 9 N–H and O–H groups in total. The van der Waals surface area contributed by atoms with Crippen LogP contribution in [0.1, 0.15) is 91.4 Å². The van der Waals surface area contributed by atoms with Crippen molar-refractivity contribution in [3.63, 3.8) is 0 Å². The summed E-state index contributed by atoms with van der Waals surface area (Å²) in [4.78, 5) is 38.2. The topological polar surface area (TPSA) is 256 Å². The Morgan fingerprint density at radius 2 is 1.67 bits per heavy atom. The Bertz CT molecular complexity index is 1320. The molecule has 15 heteroatoms. The number of ketones is 1. The molecule has 3 heterocycles. The van der Waals surface area contributed by atoms with Crippen molar-refractivity contribution >= 4 is 17.7 Å². The van der Waals surface area contributed by atoms with Crippen LogP contribution in [-0.4, -0.2) is 127 Å². The van der Waals surface area contributed by atoms with E-state index in [0.717, 1.165) is 6.42 Å². The van der Waals surface area contributed by atoms with Gasteiger partial charge in [-0.3, -0.25) is 14.4 Å². The summed E-state index contributed by atoms with van der Waals surface area (Å²) in [5.41, 5.74) is 6.00. The van der Waals surface area contributed by atoms with E-state index in [1.807, 2.05) is 13.0 Å². The number of esters is 1. The van der Waals surface area contributed by atoms with E-state index in [-0.39, 0.29) is 44.3 Å². The van der Waals surface area contributed by atoms with E-state index < -0.39 is 110 Å². The van der Waals surface area contributed by atoms with Crippen LogP contribution in [0.5, 0.6) is 0 Å². The lowest BCUT2D eigenvalue weighted by molar-refractivity contribution is -0.308. The third-order valence-electron chi connectivity index (χ3n) is 10.2. The van der Waals surface area contributed by atoms with Gasteiger partial charge < -0.3 is 60.4 Å². The number of rotatable bonds is 6. The third kappa shape index (κ3) is 13.7. The monoisotopic (exact) mass is 767 g/mol. The van der Waals surface area contributed by atoms with Gasteiger partial charge in [0.1, 0.15) is 23.9 Å². The van der Waals surface area contributed by atoms with E-state index in [1.165, 1.54) is 0 Å². The van der Waals surface area contributed by atoms with Gasteiger partial charge in [-0.1, -0.05) is 68.9 Å². The number of carboxylic acids is 1. The van der Waals surface area contributed by atoms with Crippen molar-refractivity contribution < 1.29 is 69.1 Å². The van der Waals surface area contributed by atoms with Crippen LogP contribution < -0.4 is 5.73 Å². The summed E-state index contributed by atoms with van der Waals surface area (Å²) in [6.45, 7) is 5.27. The van der Waals surface area contributed by atoms with E-state index in [4.69, 9.17) is 24.7 Å². The van der Waals surface area contributed by atoms with Crippen molar-refractivity contribution in [2.45, 2.75) is 164 Å². The molecule has 2 saturated heterocycles. The zero-order valence-corrected chi connectivity index (χ0v) is 31.5. The molecule has 2 unspecified atom stereocenters. The first-order valence-corrected chi connectivity index (χ1v) is 19.1. The van der Waals surface area contributed by atoms with Crippen molar-refractivity contribution in [1.29, 1.82) is 0 Å². The summed E-state index contributed by atoms with van der Waals surface area (Å²) in [6.07, 6.45) is 2.99. The van der Waals surface area contributed by atoms with E-state index >= 15 is 0 Å². The number of aliphatic hydroxyl groups is 6. The van der Waals surface area contributed by atoms with Crippen LogP contribution in [0.3, 0.4) is 0 Å². The lowest BCUT2D eigenvalue weighted by atomic mass is 9.83. The molecule has 0 aliphatic carbocycles. The standard InChI is InChI=1S/C39H61NO14/c1-4-14-26-17-11-9-7-6-8-10-12-18-27(53-38-35(46)33(40)34(45)23(3)51-38)20-31-32(36(47)48)30(44)22-39(50,54-31)21-25(42)16-13-15-24(41)19-29(43)28(5-2)37(49)52-26/h6-12,18,23,25-35,38,42-46,50H,4-5,13-17,19-22,40H2,1-3H3,(H,47,48)/b7-6+,10-8+,11-9+,18-12+/t23-,25?,26-,27?,28+,29-,30+,31+,32-,33+,34-,35-,38+,39-/m1/s1. The molecular formula is C39H61NO14. The van der Waals surface area contributed by atoms with Crippen molar-refractivity contribution in [3.05, 3.63) is 48.6 Å². The Hall–Kier alpha value is -2.83. The maximum Gasteiger partial charge on any atom is 0.311 e. The number of allylic oxidation sites excluding steroid dienone is 6. The Morgan fingerprint density at radius 3 is 2.33 bits per heavy atom. The number of carboxylic acid groups (broad SMARTS) is 1. The highest BCUT2D eigenvalue weighted by atomic mass is 16.7. The number of hydrogen-bond acceptors (Lipinski definition) is 14. The van der Waals surface area contributed by atoms with E-state index in [2.05, 4.69) is 0 Å². The van der Waals surface area contributed by atoms with Crippen LogP contribution in [0, 0.1) is 11.8 Å². The molecular weight excluding hydrogens is 706 g/mol. The Morgan fingerprint density at radius 1 is 0.981 bits per heavy atom. The van der Waals surface area contributed by atoms with Gasteiger partial charge in [0.15, 0.2) is 12.1 Å². The van der Waals surface area contributed by atoms with Crippen LogP contribution >= 0.6 is 0 Å². The molecule has 3 aliphatic heterocycles. The molecule has 2 bridgehead atoms. The number of nitrogens with two attached hydrogens (primary N) is 1. The fourth-order valence-electron chi connectivity index (χ4n) is 7.15. The van der Waals surface area contributed by atoms with Crippen molar-refractivity contribution in [3.8, 4) is 0 Å². The lowest BCUT2D eigenvalue weighted by Crippen LogP contribution is -2.61. The molecule has 2 fully saturated rings. The summed E-state index contributed by atoms with van der Waals surface area (Å²) in [5, 5.41) is 75.1. The van der Waals surface area contributed by atoms with E-state index in [1.54, 1.807) is 56.4 Å². The smallest absolute Gasteiger partial charge is 0.311 e. The first kappa shape index (κ1) is 45.6. The molecule has 0 radical (unpaired) electrons. The number of carbonyl (C=O) groups excluding carboxylic acids is 2. The molecule has 3 aliphatic rings.